The number of ether oxygens (including phenoxy) is 3. The summed E-state index contributed by atoms with van der Waals surface area (Å²) in [5, 5.41) is 6.07. The number of carbonyl (C=O) groups excluding carboxylic acids is 2. The van der Waals surface area contributed by atoms with Gasteiger partial charge in [-0.1, -0.05) is 13.3 Å². The Morgan fingerprint density at radius 3 is 2.33 bits per heavy atom. The van der Waals surface area contributed by atoms with E-state index in [0.717, 1.165) is 25.0 Å². The molecule has 4 rings (SSSR count). The zero-order valence-corrected chi connectivity index (χ0v) is 24.0. The van der Waals surface area contributed by atoms with Crippen LogP contribution in [0, 0.1) is 0 Å². The monoisotopic (exact) mass is 598 g/mol. The van der Waals surface area contributed by atoms with E-state index in [0.29, 0.717) is 46.6 Å². The van der Waals surface area contributed by atoms with Gasteiger partial charge in [-0.05, 0) is 74.9 Å². The molecule has 0 saturated heterocycles. The topological polar surface area (TPSA) is 104 Å². The highest BCUT2D eigenvalue weighted by Crippen LogP contribution is 2.32. The van der Waals surface area contributed by atoms with Crippen LogP contribution >= 0.6 is 0 Å². The number of hydrogen-bond acceptors (Lipinski definition) is 6. The lowest BCUT2D eigenvalue weighted by atomic mass is 10.2. The number of alkyl carbamates (subject to hydrolysis) is 1. The van der Waals surface area contributed by atoms with Crippen LogP contribution in [0.15, 0.2) is 66.9 Å². The van der Waals surface area contributed by atoms with Crippen molar-refractivity contribution < 1.29 is 37.0 Å². The minimum Gasteiger partial charge on any atom is -0.491 e. The van der Waals surface area contributed by atoms with E-state index in [2.05, 4.69) is 15.6 Å². The molecular formula is C31H33F3N4O5. The lowest BCUT2D eigenvalue weighted by Crippen LogP contribution is -2.35. The molecule has 0 bridgehead atoms. The van der Waals surface area contributed by atoms with Gasteiger partial charge < -0.3 is 29.4 Å². The molecule has 2 aromatic carbocycles. The molecule has 0 aliphatic heterocycles. The van der Waals surface area contributed by atoms with Crippen LogP contribution in [0.2, 0.25) is 0 Å². The molecule has 0 atom stereocenters. The van der Waals surface area contributed by atoms with E-state index in [4.69, 9.17) is 14.2 Å². The molecule has 43 heavy (non-hydrogen) atoms. The third-order valence-corrected chi connectivity index (χ3v) is 6.17. The summed E-state index contributed by atoms with van der Waals surface area (Å²) in [4.78, 5) is 28.9. The van der Waals surface area contributed by atoms with Crippen molar-refractivity contribution in [2.45, 2.75) is 45.9 Å². The Kier molecular flexibility index (Phi) is 10.1. The maximum Gasteiger partial charge on any atom is 0.417 e. The van der Waals surface area contributed by atoms with Crippen molar-refractivity contribution in [1.29, 1.82) is 0 Å². The standard InChI is InChI=1S/C31H33F3N4O5/c1-4-5-16-41-30(40)36-15-14-35-29(39)27-18-21-17-25(43-28-13-6-22(19-37-28)31(32,33)34)11-12-26(21)38(27)23-7-9-24(10-8-23)42-20(2)3/h6-13,17-20H,4-5,14-16H2,1-3H3,(H,35,39)(H,36,40). The van der Waals surface area contributed by atoms with Crippen molar-refractivity contribution in [3.63, 3.8) is 0 Å². The van der Waals surface area contributed by atoms with Crippen LogP contribution in [-0.2, 0) is 10.9 Å². The third-order valence-electron chi connectivity index (χ3n) is 6.17. The van der Waals surface area contributed by atoms with E-state index in [1.54, 1.807) is 28.8 Å². The molecule has 2 N–H and O–H groups in total. The summed E-state index contributed by atoms with van der Waals surface area (Å²) in [6.07, 6.45) is -2.67. The molecule has 0 aliphatic rings. The summed E-state index contributed by atoms with van der Waals surface area (Å²) in [7, 11) is 0. The first kappa shape index (κ1) is 31.2. The number of nitrogens with zero attached hydrogens (tertiary/aromatic N) is 2. The van der Waals surface area contributed by atoms with Crippen molar-refractivity contribution in [2.75, 3.05) is 19.7 Å². The summed E-state index contributed by atoms with van der Waals surface area (Å²) >= 11 is 0. The average molecular weight is 599 g/mol. The molecule has 0 saturated carbocycles. The van der Waals surface area contributed by atoms with Crippen molar-refractivity contribution in [3.8, 4) is 23.1 Å². The van der Waals surface area contributed by atoms with Crippen LogP contribution < -0.4 is 20.1 Å². The molecule has 0 spiro atoms. The third kappa shape index (κ3) is 8.40. The van der Waals surface area contributed by atoms with Crippen LogP contribution in [0.4, 0.5) is 18.0 Å². The zero-order valence-electron chi connectivity index (χ0n) is 24.0. The van der Waals surface area contributed by atoms with E-state index in [9.17, 15) is 22.8 Å². The summed E-state index contributed by atoms with van der Waals surface area (Å²) in [5.74, 6) is 0.617. The maximum atomic E-state index is 13.3. The van der Waals surface area contributed by atoms with Crippen LogP contribution in [-0.4, -0.2) is 47.4 Å². The van der Waals surface area contributed by atoms with E-state index in [1.165, 1.54) is 0 Å². The second-order valence-electron chi connectivity index (χ2n) is 9.90. The first-order valence-electron chi connectivity index (χ1n) is 13.9. The predicted octanol–water partition coefficient (Wildman–Crippen LogP) is 6.88. The second kappa shape index (κ2) is 14.0. The predicted molar refractivity (Wildman–Crippen MR) is 155 cm³/mol. The summed E-state index contributed by atoms with van der Waals surface area (Å²) in [6, 6.07) is 16.1. The fourth-order valence-corrected chi connectivity index (χ4v) is 4.17. The van der Waals surface area contributed by atoms with Crippen LogP contribution in [0.3, 0.4) is 0 Å². The van der Waals surface area contributed by atoms with E-state index >= 15 is 0 Å². The molecule has 2 aromatic heterocycles. The first-order chi connectivity index (χ1) is 20.5. The number of aromatic nitrogens is 2. The maximum absolute atomic E-state index is 13.3. The Morgan fingerprint density at radius 2 is 1.67 bits per heavy atom. The van der Waals surface area contributed by atoms with Gasteiger partial charge in [0.25, 0.3) is 5.91 Å². The second-order valence-corrected chi connectivity index (χ2v) is 9.90. The smallest absolute Gasteiger partial charge is 0.417 e. The Morgan fingerprint density at radius 1 is 0.953 bits per heavy atom. The molecule has 4 aromatic rings. The SMILES string of the molecule is CCCCOC(=O)NCCNC(=O)c1cc2cc(Oc3ccc(C(F)(F)F)cn3)ccc2n1-c1ccc(OC(C)C)cc1. The zero-order chi connectivity index (χ0) is 31.0. The van der Waals surface area contributed by atoms with Crippen molar-refractivity contribution in [1.82, 2.24) is 20.2 Å². The molecular weight excluding hydrogens is 565 g/mol. The lowest BCUT2D eigenvalue weighted by molar-refractivity contribution is -0.137. The Labute approximate surface area is 247 Å². The number of pyridine rings is 1. The fraction of sp³-hybridized carbons (Fsp3) is 0.323. The number of benzene rings is 2. The molecule has 12 heteroatoms. The fourth-order valence-electron chi connectivity index (χ4n) is 4.17. The number of rotatable bonds is 12. The number of nitrogens with one attached hydrogen (secondary N) is 2. The molecule has 0 radical (unpaired) electrons. The highest BCUT2D eigenvalue weighted by Gasteiger charge is 2.30. The number of fused-ring (bicyclic) bond motifs is 1. The highest BCUT2D eigenvalue weighted by atomic mass is 19.4. The van der Waals surface area contributed by atoms with Gasteiger partial charge in [-0.2, -0.15) is 13.2 Å². The largest absolute Gasteiger partial charge is 0.491 e. The van der Waals surface area contributed by atoms with E-state index < -0.39 is 17.8 Å². The molecule has 2 heterocycles. The molecule has 9 nitrogen and oxygen atoms in total. The first-order valence-corrected chi connectivity index (χ1v) is 13.9. The molecule has 0 unspecified atom stereocenters. The van der Waals surface area contributed by atoms with E-state index in [-0.39, 0.29) is 31.0 Å². The molecule has 228 valence electrons. The molecule has 0 fully saturated rings. The normalized spacial score (nSPS) is 11.4. The number of alkyl halides is 3. The van der Waals surface area contributed by atoms with Gasteiger partial charge in [0, 0.05) is 36.4 Å². The van der Waals surface area contributed by atoms with Crippen molar-refractivity contribution in [3.05, 3.63) is 78.1 Å². The van der Waals surface area contributed by atoms with Gasteiger partial charge in [0.1, 0.15) is 17.2 Å². The Bertz CT molecular complexity index is 1530. The Hall–Kier alpha value is -4.74. The minimum absolute atomic E-state index is 0.00490. The summed E-state index contributed by atoms with van der Waals surface area (Å²) in [5.41, 5.74) is 0.833. The number of hydrogen-bond donors (Lipinski definition) is 2. The van der Waals surface area contributed by atoms with Gasteiger partial charge in [-0.15, -0.1) is 0 Å². The van der Waals surface area contributed by atoms with Gasteiger partial charge in [-0.25, -0.2) is 9.78 Å². The van der Waals surface area contributed by atoms with Crippen molar-refractivity contribution >= 4 is 22.9 Å². The highest BCUT2D eigenvalue weighted by molar-refractivity contribution is 6.00. The van der Waals surface area contributed by atoms with Gasteiger partial charge in [0.05, 0.1) is 23.8 Å². The quantitative estimate of drug-likeness (QED) is 0.172. The lowest BCUT2D eigenvalue weighted by Gasteiger charge is -2.14. The average Bonchev–Trinajstić information content (AvgIpc) is 3.34. The van der Waals surface area contributed by atoms with Gasteiger partial charge in [-0.3, -0.25) is 4.79 Å². The number of amides is 2. The molecule has 2 amide bonds. The van der Waals surface area contributed by atoms with Crippen LogP contribution in [0.25, 0.3) is 16.6 Å². The van der Waals surface area contributed by atoms with Crippen LogP contribution in [0.5, 0.6) is 17.4 Å². The van der Waals surface area contributed by atoms with Gasteiger partial charge in [0.15, 0.2) is 0 Å². The minimum atomic E-state index is -4.50. The van der Waals surface area contributed by atoms with Crippen LogP contribution in [0.1, 0.15) is 49.7 Å². The van der Waals surface area contributed by atoms with Crippen molar-refractivity contribution in [2.24, 2.45) is 0 Å². The summed E-state index contributed by atoms with van der Waals surface area (Å²) < 4.78 is 56.9. The van der Waals surface area contributed by atoms with Gasteiger partial charge >= 0.3 is 12.3 Å². The number of halogens is 3. The number of unbranched alkanes of at least 4 members (excludes halogenated alkanes) is 1. The molecule has 0 aliphatic carbocycles. The number of carbonyl (C=O) groups is 2. The van der Waals surface area contributed by atoms with Gasteiger partial charge in [0.2, 0.25) is 5.88 Å². The van der Waals surface area contributed by atoms with E-state index in [1.807, 2.05) is 45.0 Å². The Balaban J connectivity index is 1.57. The summed E-state index contributed by atoms with van der Waals surface area (Å²) in [6.45, 7) is 6.52.